The van der Waals surface area contributed by atoms with Gasteiger partial charge < -0.3 is 10.5 Å². The molecule has 0 saturated carbocycles. The molecule has 0 aliphatic heterocycles. The minimum absolute atomic E-state index is 0.530. The number of methoxy groups -OCH3 is 1. The zero-order valence-electron chi connectivity index (χ0n) is 11.3. The van der Waals surface area contributed by atoms with E-state index in [2.05, 4.69) is 17.1 Å². The van der Waals surface area contributed by atoms with E-state index in [9.17, 15) is 0 Å². The number of nitrogens with two attached hydrogens (primary N) is 1. The lowest BCUT2D eigenvalue weighted by atomic mass is 9.97. The van der Waals surface area contributed by atoms with Gasteiger partial charge in [-0.1, -0.05) is 18.2 Å². The predicted molar refractivity (Wildman–Crippen MR) is 81.6 cm³/mol. The number of pyridine rings is 1. The van der Waals surface area contributed by atoms with Gasteiger partial charge in [-0.25, -0.2) is 0 Å². The van der Waals surface area contributed by atoms with Crippen LogP contribution in [0.25, 0.3) is 21.9 Å². The van der Waals surface area contributed by atoms with E-state index < -0.39 is 0 Å². The summed E-state index contributed by atoms with van der Waals surface area (Å²) >= 11 is 0. The van der Waals surface area contributed by atoms with Crippen molar-refractivity contribution in [3.05, 3.63) is 60.4 Å². The Morgan fingerprint density at radius 3 is 2.85 bits per heavy atom. The van der Waals surface area contributed by atoms with Crippen LogP contribution in [0, 0.1) is 0 Å². The van der Waals surface area contributed by atoms with Gasteiger partial charge in [0.2, 0.25) is 0 Å². The molecule has 2 aromatic carbocycles. The molecule has 0 spiro atoms. The molecule has 0 saturated heterocycles. The number of rotatable bonds is 3. The SMILES string of the molecule is COc1ccc2cnccc2c1-c1cccc(CN)c1. The second-order valence-electron chi connectivity index (χ2n) is 4.64. The Balaban J connectivity index is 2.32. The normalized spacial score (nSPS) is 10.7. The number of hydrogen-bond donors (Lipinski definition) is 1. The third kappa shape index (κ3) is 2.12. The van der Waals surface area contributed by atoms with Crippen LogP contribution in [-0.4, -0.2) is 12.1 Å². The lowest BCUT2D eigenvalue weighted by Gasteiger charge is -2.13. The molecule has 3 rings (SSSR count). The number of ether oxygens (including phenoxy) is 1. The molecule has 3 heteroatoms. The van der Waals surface area contributed by atoms with Crippen LogP contribution in [0.2, 0.25) is 0 Å². The van der Waals surface area contributed by atoms with Gasteiger partial charge >= 0.3 is 0 Å². The van der Waals surface area contributed by atoms with Crippen molar-refractivity contribution in [1.82, 2.24) is 4.98 Å². The third-order valence-corrected chi connectivity index (χ3v) is 3.45. The van der Waals surface area contributed by atoms with Crippen LogP contribution < -0.4 is 10.5 Å². The summed E-state index contributed by atoms with van der Waals surface area (Å²) in [6.07, 6.45) is 3.67. The van der Waals surface area contributed by atoms with Gasteiger partial charge in [0.15, 0.2) is 0 Å². The minimum Gasteiger partial charge on any atom is -0.496 e. The van der Waals surface area contributed by atoms with Crippen molar-refractivity contribution in [1.29, 1.82) is 0 Å². The zero-order chi connectivity index (χ0) is 13.9. The van der Waals surface area contributed by atoms with Gasteiger partial charge in [-0.2, -0.15) is 0 Å². The molecule has 3 aromatic rings. The summed E-state index contributed by atoms with van der Waals surface area (Å²) in [6.45, 7) is 0.530. The van der Waals surface area contributed by atoms with Crippen molar-refractivity contribution >= 4 is 10.8 Å². The fourth-order valence-electron chi connectivity index (χ4n) is 2.47. The van der Waals surface area contributed by atoms with Gasteiger partial charge in [0.25, 0.3) is 0 Å². The summed E-state index contributed by atoms with van der Waals surface area (Å²) in [5, 5.41) is 2.23. The molecular formula is C17H16N2O. The Kier molecular flexibility index (Phi) is 3.35. The number of nitrogens with zero attached hydrogens (tertiary/aromatic N) is 1. The van der Waals surface area contributed by atoms with Gasteiger partial charge in [0, 0.05) is 29.9 Å². The molecule has 0 aliphatic carbocycles. The lowest BCUT2D eigenvalue weighted by molar-refractivity contribution is 0.417. The monoisotopic (exact) mass is 264 g/mol. The van der Waals surface area contributed by atoms with Crippen LogP contribution >= 0.6 is 0 Å². The summed E-state index contributed by atoms with van der Waals surface area (Å²) in [4.78, 5) is 4.18. The van der Waals surface area contributed by atoms with Gasteiger partial charge in [-0.15, -0.1) is 0 Å². The molecule has 100 valence electrons. The molecule has 0 aliphatic rings. The van der Waals surface area contributed by atoms with E-state index in [0.29, 0.717) is 6.54 Å². The molecule has 0 fully saturated rings. The molecule has 0 atom stereocenters. The average Bonchev–Trinajstić information content (AvgIpc) is 2.53. The standard InChI is InChI=1S/C17H16N2O/c1-20-16-6-5-14-11-19-8-7-15(14)17(16)13-4-2-3-12(9-13)10-18/h2-9,11H,10,18H2,1H3. The summed E-state index contributed by atoms with van der Waals surface area (Å²) in [5.74, 6) is 0.859. The van der Waals surface area contributed by atoms with Crippen LogP contribution in [0.4, 0.5) is 0 Å². The molecule has 2 N–H and O–H groups in total. The highest BCUT2D eigenvalue weighted by molar-refractivity contribution is 5.99. The Morgan fingerprint density at radius 1 is 1.15 bits per heavy atom. The summed E-state index contributed by atoms with van der Waals surface area (Å²) in [7, 11) is 1.69. The van der Waals surface area contributed by atoms with Crippen LogP contribution in [0.3, 0.4) is 0 Å². The maximum atomic E-state index is 5.74. The number of fused-ring (bicyclic) bond motifs is 1. The van der Waals surface area contributed by atoms with Crippen molar-refractivity contribution in [2.75, 3.05) is 7.11 Å². The lowest BCUT2D eigenvalue weighted by Crippen LogP contribution is -1.96. The molecule has 0 unspecified atom stereocenters. The fraction of sp³-hybridized carbons (Fsp3) is 0.118. The highest BCUT2D eigenvalue weighted by Crippen LogP contribution is 2.36. The molecule has 3 nitrogen and oxygen atoms in total. The predicted octanol–water partition coefficient (Wildman–Crippen LogP) is 3.37. The van der Waals surface area contributed by atoms with Crippen LogP contribution in [0.15, 0.2) is 54.9 Å². The van der Waals surface area contributed by atoms with Crippen LogP contribution in [0.1, 0.15) is 5.56 Å². The Morgan fingerprint density at radius 2 is 2.05 bits per heavy atom. The van der Waals surface area contributed by atoms with E-state index in [4.69, 9.17) is 10.5 Å². The summed E-state index contributed by atoms with van der Waals surface area (Å²) in [5.41, 5.74) is 9.04. The Hall–Kier alpha value is -2.39. The van der Waals surface area contributed by atoms with E-state index in [1.807, 2.05) is 36.5 Å². The van der Waals surface area contributed by atoms with Crippen molar-refractivity contribution in [2.24, 2.45) is 5.73 Å². The highest BCUT2D eigenvalue weighted by atomic mass is 16.5. The van der Waals surface area contributed by atoms with E-state index in [1.165, 1.54) is 0 Å². The van der Waals surface area contributed by atoms with E-state index in [1.54, 1.807) is 13.3 Å². The maximum Gasteiger partial charge on any atom is 0.127 e. The Labute approximate surface area is 118 Å². The van der Waals surface area contributed by atoms with Crippen LogP contribution in [-0.2, 0) is 6.54 Å². The quantitative estimate of drug-likeness (QED) is 0.789. The Bertz CT molecular complexity index is 753. The fourth-order valence-corrected chi connectivity index (χ4v) is 2.47. The zero-order valence-corrected chi connectivity index (χ0v) is 11.3. The minimum atomic E-state index is 0.530. The number of benzene rings is 2. The van der Waals surface area contributed by atoms with Crippen molar-refractivity contribution in [3.63, 3.8) is 0 Å². The van der Waals surface area contributed by atoms with Gasteiger partial charge in [0.1, 0.15) is 5.75 Å². The van der Waals surface area contributed by atoms with Crippen molar-refractivity contribution < 1.29 is 4.74 Å². The van der Waals surface area contributed by atoms with Gasteiger partial charge in [0.05, 0.1) is 7.11 Å². The molecule has 1 aromatic heterocycles. The second kappa shape index (κ2) is 5.31. The molecule has 0 radical (unpaired) electrons. The molecular weight excluding hydrogens is 248 g/mol. The number of hydrogen-bond acceptors (Lipinski definition) is 3. The van der Waals surface area contributed by atoms with E-state index in [0.717, 1.165) is 33.2 Å². The first kappa shape index (κ1) is 12.6. The third-order valence-electron chi connectivity index (χ3n) is 3.45. The van der Waals surface area contributed by atoms with Gasteiger partial charge in [-0.05, 0) is 40.8 Å². The smallest absolute Gasteiger partial charge is 0.127 e. The average molecular weight is 264 g/mol. The second-order valence-corrected chi connectivity index (χ2v) is 4.64. The molecule has 0 bridgehead atoms. The first-order valence-electron chi connectivity index (χ1n) is 6.53. The maximum absolute atomic E-state index is 5.74. The van der Waals surface area contributed by atoms with Crippen molar-refractivity contribution in [2.45, 2.75) is 6.54 Å². The number of aromatic nitrogens is 1. The topological polar surface area (TPSA) is 48.1 Å². The van der Waals surface area contributed by atoms with Crippen molar-refractivity contribution in [3.8, 4) is 16.9 Å². The van der Waals surface area contributed by atoms with E-state index in [-0.39, 0.29) is 0 Å². The first-order valence-corrected chi connectivity index (χ1v) is 6.53. The largest absolute Gasteiger partial charge is 0.496 e. The summed E-state index contributed by atoms with van der Waals surface area (Å²) in [6, 6.07) is 14.3. The van der Waals surface area contributed by atoms with Gasteiger partial charge in [-0.3, -0.25) is 4.98 Å². The molecule has 0 amide bonds. The highest BCUT2D eigenvalue weighted by Gasteiger charge is 2.11. The van der Waals surface area contributed by atoms with Crippen LogP contribution in [0.5, 0.6) is 5.75 Å². The molecule has 20 heavy (non-hydrogen) atoms. The first-order chi connectivity index (χ1) is 9.83. The summed E-state index contributed by atoms with van der Waals surface area (Å²) < 4.78 is 5.53. The van der Waals surface area contributed by atoms with E-state index >= 15 is 0 Å². The molecule has 1 heterocycles.